The maximum atomic E-state index is 14.6. The van der Waals surface area contributed by atoms with E-state index in [2.05, 4.69) is 17.0 Å². The van der Waals surface area contributed by atoms with Crippen LogP contribution in [0.3, 0.4) is 0 Å². The molecule has 3 heterocycles. The molecule has 1 aromatic rings. The summed E-state index contributed by atoms with van der Waals surface area (Å²) in [7, 11) is 0. The molecular weight excluding hydrogens is 438 g/mol. The standard InChI is InChI=1S/C28H27N5O2/c29-15-27-18-9-4-11-20(34)24(18)19-10-5-12-21(27)28(19,16-30)26(35)33-23-14-6-13-22(31-25(27)33)32(23)17-7-2-1-3-8-17/h1-3,7-8,19,21-23H,4-6,9-14H2. The molecule has 0 aromatic heterocycles. The van der Waals surface area contributed by atoms with Crippen molar-refractivity contribution in [3.05, 3.63) is 41.5 Å². The van der Waals surface area contributed by atoms with Gasteiger partial charge in [0.15, 0.2) is 5.78 Å². The molecule has 1 saturated carbocycles. The third-order valence-corrected chi connectivity index (χ3v) is 9.59. The number of anilines is 1. The molecule has 0 spiro atoms. The molecule has 3 aliphatic heterocycles. The Balaban J connectivity index is 1.54. The third kappa shape index (κ3) is 2.28. The number of amides is 1. The Labute approximate surface area is 204 Å². The molecule has 3 aliphatic carbocycles. The van der Waals surface area contributed by atoms with Crippen LogP contribution >= 0.6 is 0 Å². The minimum atomic E-state index is -1.38. The number of rotatable bonds is 1. The van der Waals surface area contributed by atoms with Crippen LogP contribution in [-0.4, -0.2) is 34.8 Å². The van der Waals surface area contributed by atoms with Crippen LogP contribution in [0.5, 0.6) is 0 Å². The number of nitriles is 2. The summed E-state index contributed by atoms with van der Waals surface area (Å²) in [5.74, 6) is -0.559. The van der Waals surface area contributed by atoms with Gasteiger partial charge in [-0.05, 0) is 62.7 Å². The highest BCUT2D eigenvalue weighted by molar-refractivity contribution is 6.15. The summed E-state index contributed by atoms with van der Waals surface area (Å²) in [6.45, 7) is 0. The second-order valence-corrected chi connectivity index (χ2v) is 10.9. The van der Waals surface area contributed by atoms with Crippen molar-refractivity contribution in [3.63, 3.8) is 0 Å². The van der Waals surface area contributed by atoms with E-state index in [4.69, 9.17) is 4.99 Å². The summed E-state index contributed by atoms with van der Waals surface area (Å²) in [6, 6.07) is 15.1. The second kappa shape index (κ2) is 7.04. The van der Waals surface area contributed by atoms with Crippen LogP contribution < -0.4 is 4.90 Å². The summed E-state index contributed by atoms with van der Waals surface area (Å²) < 4.78 is 0. The van der Waals surface area contributed by atoms with E-state index in [1.54, 1.807) is 4.90 Å². The third-order valence-electron chi connectivity index (χ3n) is 9.59. The minimum absolute atomic E-state index is 0.0274. The SMILES string of the molecule is N#CC12C3=NC4CCCC(N3C(=O)C3(C#N)C(CCCC13)C1=C2CCCC1=O)N4c1ccccc1. The topological polar surface area (TPSA) is 101 Å². The molecule has 176 valence electrons. The Kier molecular flexibility index (Phi) is 4.20. The number of ketones is 1. The van der Waals surface area contributed by atoms with E-state index >= 15 is 0 Å². The van der Waals surface area contributed by atoms with Gasteiger partial charge in [-0.2, -0.15) is 10.5 Å². The molecule has 7 rings (SSSR count). The van der Waals surface area contributed by atoms with Crippen LogP contribution in [0.1, 0.15) is 57.8 Å². The molecule has 6 aliphatic rings. The van der Waals surface area contributed by atoms with Gasteiger partial charge in [-0.25, -0.2) is 4.99 Å². The van der Waals surface area contributed by atoms with Crippen LogP contribution in [-0.2, 0) is 9.59 Å². The van der Waals surface area contributed by atoms with Gasteiger partial charge in [-0.3, -0.25) is 14.5 Å². The zero-order valence-corrected chi connectivity index (χ0v) is 19.6. The summed E-state index contributed by atoms with van der Waals surface area (Å²) >= 11 is 0. The Morgan fingerprint density at radius 2 is 1.74 bits per heavy atom. The molecule has 6 atom stereocenters. The van der Waals surface area contributed by atoms with Gasteiger partial charge in [-0.15, -0.1) is 0 Å². The van der Waals surface area contributed by atoms with Gasteiger partial charge in [0.05, 0.1) is 12.1 Å². The number of carbonyl (C=O) groups is 2. The van der Waals surface area contributed by atoms with E-state index in [1.807, 2.05) is 30.3 Å². The van der Waals surface area contributed by atoms with Crippen molar-refractivity contribution in [2.24, 2.45) is 27.7 Å². The van der Waals surface area contributed by atoms with Crippen LogP contribution in [0, 0.1) is 45.3 Å². The lowest BCUT2D eigenvalue weighted by Gasteiger charge is -2.65. The number of allylic oxidation sites excluding steroid dienone is 1. The molecule has 7 nitrogen and oxygen atoms in total. The first-order valence-electron chi connectivity index (χ1n) is 12.9. The van der Waals surface area contributed by atoms with Crippen molar-refractivity contribution in [2.45, 2.75) is 70.1 Å². The number of benzene rings is 1. The molecule has 0 N–H and O–H groups in total. The highest BCUT2D eigenvalue weighted by Crippen LogP contribution is 2.68. The van der Waals surface area contributed by atoms with Crippen LogP contribution in [0.4, 0.5) is 5.69 Å². The Bertz CT molecular complexity index is 1300. The highest BCUT2D eigenvalue weighted by atomic mass is 16.2. The monoisotopic (exact) mass is 465 g/mol. The lowest BCUT2D eigenvalue weighted by Crippen LogP contribution is -2.76. The van der Waals surface area contributed by atoms with Crippen molar-refractivity contribution in [1.29, 1.82) is 10.5 Å². The molecule has 1 aromatic carbocycles. The molecule has 6 bridgehead atoms. The molecule has 2 saturated heterocycles. The molecule has 6 unspecified atom stereocenters. The van der Waals surface area contributed by atoms with Crippen molar-refractivity contribution >= 4 is 23.2 Å². The predicted octanol–water partition coefficient (Wildman–Crippen LogP) is 4.08. The number of carbonyl (C=O) groups excluding carboxylic acids is 2. The van der Waals surface area contributed by atoms with Crippen molar-refractivity contribution in [2.75, 3.05) is 4.90 Å². The smallest absolute Gasteiger partial charge is 0.251 e. The first kappa shape index (κ1) is 20.9. The van der Waals surface area contributed by atoms with E-state index in [0.29, 0.717) is 43.5 Å². The predicted molar refractivity (Wildman–Crippen MR) is 127 cm³/mol. The first-order valence-corrected chi connectivity index (χ1v) is 12.9. The van der Waals surface area contributed by atoms with Crippen LogP contribution in [0.25, 0.3) is 0 Å². The Morgan fingerprint density at radius 3 is 2.51 bits per heavy atom. The number of amidine groups is 1. The largest absolute Gasteiger partial charge is 0.328 e. The lowest BCUT2D eigenvalue weighted by atomic mass is 9.41. The number of aliphatic imine (C=N–C) groups is 1. The number of para-hydroxylation sites is 1. The van der Waals surface area contributed by atoms with Gasteiger partial charge in [0, 0.05) is 29.5 Å². The van der Waals surface area contributed by atoms with Gasteiger partial charge in [0.25, 0.3) is 5.91 Å². The van der Waals surface area contributed by atoms with E-state index in [1.165, 1.54) is 0 Å². The molecule has 7 heteroatoms. The maximum absolute atomic E-state index is 14.6. The average Bonchev–Trinajstić information content (AvgIpc) is 2.88. The highest BCUT2D eigenvalue weighted by Gasteiger charge is 2.75. The number of nitrogens with zero attached hydrogens (tertiary/aromatic N) is 5. The van der Waals surface area contributed by atoms with Crippen molar-refractivity contribution in [3.8, 4) is 12.1 Å². The van der Waals surface area contributed by atoms with Crippen LogP contribution in [0.2, 0.25) is 0 Å². The summed E-state index contributed by atoms with van der Waals surface area (Å²) in [5.41, 5.74) is -0.0620. The number of fused-ring (bicyclic) bond motifs is 7. The molecule has 0 radical (unpaired) electrons. The van der Waals surface area contributed by atoms with Crippen molar-refractivity contribution in [1.82, 2.24) is 4.90 Å². The zero-order chi connectivity index (χ0) is 23.9. The van der Waals surface area contributed by atoms with Gasteiger partial charge in [0.2, 0.25) is 0 Å². The fourth-order valence-corrected chi connectivity index (χ4v) is 8.38. The molecule has 1 amide bonds. The van der Waals surface area contributed by atoms with Gasteiger partial charge < -0.3 is 4.90 Å². The summed E-state index contributed by atoms with van der Waals surface area (Å²) in [5, 5.41) is 21.7. The number of Topliss-reactive ketones (excluding diaryl/α,β-unsaturated/α-hetero) is 1. The summed E-state index contributed by atoms with van der Waals surface area (Å²) in [4.78, 5) is 37.1. The van der Waals surface area contributed by atoms with Crippen molar-refractivity contribution < 1.29 is 9.59 Å². The number of hydrogen-bond donors (Lipinski definition) is 0. The fourth-order valence-electron chi connectivity index (χ4n) is 8.38. The zero-order valence-electron chi connectivity index (χ0n) is 19.6. The number of hydrogen-bond acceptors (Lipinski definition) is 6. The summed E-state index contributed by atoms with van der Waals surface area (Å²) in [6.07, 6.45) is 6.01. The van der Waals surface area contributed by atoms with E-state index < -0.39 is 22.7 Å². The average molecular weight is 466 g/mol. The second-order valence-electron chi connectivity index (χ2n) is 10.9. The Morgan fingerprint density at radius 1 is 0.943 bits per heavy atom. The quantitative estimate of drug-likeness (QED) is 0.622. The van der Waals surface area contributed by atoms with Gasteiger partial charge >= 0.3 is 0 Å². The maximum Gasteiger partial charge on any atom is 0.251 e. The van der Waals surface area contributed by atoms with Gasteiger partial charge in [0.1, 0.15) is 29.0 Å². The van der Waals surface area contributed by atoms with E-state index in [-0.39, 0.29) is 24.0 Å². The normalized spacial score (nSPS) is 39.2. The first-order chi connectivity index (χ1) is 17.1. The lowest BCUT2D eigenvalue weighted by molar-refractivity contribution is -0.153. The van der Waals surface area contributed by atoms with E-state index in [9.17, 15) is 20.1 Å². The van der Waals surface area contributed by atoms with Crippen LogP contribution in [0.15, 0.2) is 46.5 Å². The number of piperidine rings is 2. The minimum Gasteiger partial charge on any atom is -0.328 e. The van der Waals surface area contributed by atoms with Gasteiger partial charge in [-0.1, -0.05) is 24.6 Å². The van der Waals surface area contributed by atoms with E-state index in [0.717, 1.165) is 36.9 Å². The fraction of sp³-hybridized carbons (Fsp3) is 0.536. The molecular formula is C28H27N5O2. The molecule has 35 heavy (non-hydrogen) atoms. The Hall–Kier alpha value is -3.45. The molecule has 3 fully saturated rings.